The highest BCUT2D eigenvalue weighted by Crippen LogP contribution is 2.36. The average molecular weight is 886 g/mol. The van der Waals surface area contributed by atoms with Gasteiger partial charge in [0.25, 0.3) is 5.91 Å². The molecule has 0 aliphatic rings. The van der Waals surface area contributed by atoms with Crippen LogP contribution < -0.4 is 25.4 Å². The molecule has 308 valence electrons. The monoisotopic (exact) mass is 883 g/mol. The van der Waals surface area contributed by atoms with Gasteiger partial charge in [-0.15, -0.1) is 0 Å². The molecule has 0 saturated carbocycles. The standard InChI is InChI=1S/C21H19Cl2N3O5.C20H18Cl2N2O4/c1-11(2)20(29)26-15-4-12(8-24)3-13(5-15)10-31-19-16(22)6-14(7-17(19)23)21(30)25-9-18(27)28;1-11(2)20(27)24-15-4-13(9-23)3-14(5-15)10-28-19-16(21)6-12(7-17(19)22)8-18(25)26/h3-7,11H,9-10H2,1-2H3,(H,25,30)(H,26,29)(H,27,28);3-7,11H,8,10H2,1-2H3,(H,24,27)(H,25,26). The van der Waals surface area contributed by atoms with Crippen LogP contribution in [0, 0.1) is 34.5 Å². The Hall–Kier alpha value is -6.03. The maximum Gasteiger partial charge on any atom is 0.322 e. The first-order chi connectivity index (χ1) is 27.8. The zero-order valence-electron chi connectivity index (χ0n) is 31.9. The van der Waals surface area contributed by atoms with Crippen molar-refractivity contribution in [2.75, 3.05) is 17.2 Å². The molecule has 0 aromatic heterocycles. The number of hydrogen-bond acceptors (Lipinski definition) is 9. The van der Waals surface area contributed by atoms with Crippen molar-refractivity contribution in [1.82, 2.24) is 5.32 Å². The van der Waals surface area contributed by atoms with Crippen molar-refractivity contribution < 1.29 is 43.7 Å². The van der Waals surface area contributed by atoms with Crippen LogP contribution in [0.4, 0.5) is 11.4 Å². The Kier molecular flexibility index (Phi) is 17.8. The van der Waals surface area contributed by atoms with Gasteiger partial charge >= 0.3 is 11.9 Å². The highest BCUT2D eigenvalue weighted by atomic mass is 35.5. The van der Waals surface area contributed by atoms with Crippen molar-refractivity contribution in [3.8, 4) is 23.6 Å². The zero-order valence-corrected chi connectivity index (χ0v) is 34.9. The summed E-state index contributed by atoms with van der Waals surface area (Å²) in [4.78, 5) is 57.2. The van der Waals surface area contributed by atoms with Crippen molar-refractivity contribution in [2.45, 2.75) is 47.3 Å². The lowest BCUT2D eigenvalue weighted by molar-refractivity contribution is -0.137. The number of rotatable bonds is 15. The first kappa shape index (κ1) is 47.3. The van der Waals surface area contributed by atoms with Crippen LogP contribution in [0.1, 0.15) is 65.9 Å². The van der Waals surface area contributed by atoms with Gasteiger partial charge in [-0.1, -0.05) is 74.1 Å². The molecule has 0 atom stereocenters. The molecule has 0 saturated heterocycles. The quantitative estimate of drug-likeness (QED) is 0.0760. The molecule has 4 rings (SSSR count). The fourth-order valence-electron chi connectivity index (χ4n) is 4.82. The van der Waals surface area contributed by atoms with E-state index < -0.39 is 24.4 Å². The smallest absolute Gasteiger partial charge is 0.322 e. The Labute approximate surface area is 359 Å². The Morgan fingerprint density at radius 1 is 0.610 bits per heavy atom. The van der Waals surface area contributed by atoms with Gasteiger partial charge in [-0.2, -0.15) is 10.5 Å². The van der Waals surface area contributed by atoms with Crippen LogP contribution in [0.25, 0.3) is 0 Å². The van der Waals surface area contributed by atoms with E-state index in [-0.39, 0.29) is 80.4 Å². The number of amides is 3. The van der Waals surface area contributed by atoms with Crippen LogP contribution >= 0.6 is 46.4 Å². The number of hydrogen-bond donors (Lipinski definition) is 5. The van der Waals surface area contributed by atoms with Crippen molar-refractivity contribution in [2.24, 2.45) is 11.8 Å². The van der Waals surface area contributed by atoms with Gasteiger partial charge in [-0.05, 0) is 77.4 Å². The van der Waals surface area contributed by atoms with E-state index in [1.165, 1.54) is 24.3 Å². The molecule has 59 heavy (non-hydrogen) atoms. The number of nitrogens with one attached hydrogen (secondary N) is 3. The molecule has 0 radical (unpaired) electrons. The Morgan fingerprint density at radius 3 is 1.37 bits per heavy atom. The van der Waals surface area contributed by atoms with Crippen LogP contribution in [-0.2, 0) is 38.8 Å². The summed E-state index contributed by atoms with van der Waals surface area (Å²) in [5.74, 6) is -3.28. The van der Waals surface area contributed by atoms with Crippen LogP contribution in [0.5, 0.6) is 11.5 Å². The molecule has 14 nitrogen and oxygen atoms in total. The van der Waals surface area contributed by atoms with Gasteiger partial charge in [-0.3, -0.25) is 24.0 Å². The number of carbonyl (C=O) groups excluding carboxylic acids is 3. The average Bonchev–Trinajstić information content (AvgIpc) is 3.15. The summed E-state index contributed by atoms with van der Waals surface area (Å²) in [5.41, 5.74) is 3.42. The number of nitriles is 2. The molecule has 0 bridgehead atoms. The first-order valence-corrected chi connectivity index (χ1v) is 19.0. The maximum absolute atomic E-state index is 12.0. The predicted octanol–water partition coefficient (Wildman–Crippen LogP) is 8.52. The molecular weight excluding hydrogens is 848 g/mol. The molecule has 0 aliphatic carbocycles. The second-order valence-electron chi connectivity index (χ2n) is 13.2. The number of carbonyl (C=O) groups is 5. The molecule has 5 N–H and O–H groups in total. The van der Waals surface area contributed by atoms with Gasteiger partial charge in [0.15, 0.2) is 11.5 Å². The Balaban J connectivity index is 0.000000317. The summed E-state index contributed by atoms with van der Waals surface area (Å²) >= 11 is 24.7. The highest BCUT2D eigenvalue weighted by molar-refractivity contribution is 6.38. The van der Waals surface area contributed by atoms with Crippen LogP contribution in [0.15, 0.2) is 60.7 Å². The topological polar surface area (TPSA) is 228 Å². The third kappa shape index (κ3) is 15.0. The summed E-state index contributed by atoms with van der Waals surface area (Å²) in [6, 6.07) is 19.4. The van der Waals surface area contributed by atoms with E-state index in [1.807, 2.05) is 12.1 Å². The van der Waals surface area contributed by atoms with E-state index in [4.69, 9.17) is 66.1 Å². The largest absolute Gasteiger partial charge is 0.486 e. The predicted molar refractivity (Wildman–Crippen MR) is 222 cm³/mol. The lowest BCUT2D eigenvalue weighted by Crippen LogP contribution is -2.29. The summed E-state index contributed by atoms with van der Waals surface area (Å²) < 4.78 is 11.4. The minimum atomic E-state index is -1.19. The number of carboxylic acid groups (broad SMARTS) is 2. The van der Waals surface area contributed by atoms with Crippen LogP contribution in [-0.4, -0.2) is 46.4 Å². The van der Waals surface area contributed by atoms with Crippen molar-refractivity contribution in [3.63, 3.8) is 0 Å². The van der Waals surface area contributed by atoms with Gasteiger partial charge < -0.3 is 35.6 Å². The van der Waals surface area contributed by atoms with Gasteiger partial charge in [-0.25, -0.2) is 0 Å². The van der Waals surface area contributed by atoms with Crippen molar-refractivity contribution >= 4 is 87.4 Å². The molecule has 0 heterocycles. The normalized spacial score (nSPS) is 10.4. The van der Waals surface area contributed by atoms with Gasteiger partial charge in [0.2, 0.25) is 11.8 Å². The number of aliphatic carboxylic acids is 2. The Bertz CT molecular complexity index is 2290. The molecule has 0 fully saturated rings. The molecule has 4 aromatic rings. The number of carboxylic acids is 2. The van der Waals surface area contributed by atoms with E-state index in [0.717, 1.165) is 0 Å². The number of ether oxygens (including phenoxy) is 2. The van der Waals surface area contributed by atoms with Gasteiger partial charge in [0.05, 0.1) is 49.8 Å². The lowest BCUT2D eigenvalue weighted by atomic mass is 10.1. The summed E-state index contributed by atoms with van der Waals surface area (Å²) in [6.45, 7) is 6.54. The highest BCUT2D eigenvalue weighted by Gasteiger charge is 2.17. The van der Waals surface area contributed by atoms with Crippen molar-refractivity contribution in [3.05, 3.63) is 114 Å². The van der Waals surface area contributed by atoms with Crippen LogP contribution in [0.3, 0.4) is 0 Å². The summed E-state index contributed by atoms with van der Waals surface area (Å²) in [7, 11) is 0. The third-order valence-electron chi connectivity index (χ3n) is 7.67. The molecule has 0 spiro atoms. The van der Waals surface area contributed by atoms with E-state index in [2.05, 4.69) is 16.0 Å². The minimum absolute atomic E-state index is 0.00985. The molecule has 0 unspecified atom stereocenters. The van der Waals surface area contributed by atoms with E-state index in [0.29, 0.717) is 39.2 Å². The zero-order chi connectivity index (χ0) is 44.0. The SMILES string of the molecule is CC(C)C(=O)Nc1cc(C#N)cc(COc2c(Cl)cc(C(=O)NCC(=O)O)cc2Cl)c1.CC(C)C(=O)Nc1cc(C#N)cc(COc2c(Cl)cc(CC(=O)O)cc2Cl)c1. The fraction of sp³-hybridized carbons (Fsp3) is 0.244. The van der Waals surface area contributed by atoms with Crippen molar-refractivity contribution in [1.29, 1.82) is 10.5 Å². The fourth-order valence-corrected chi connectivity index (χ4v) is 6.06. The number of anilines is 2. The van der Waals surface area contributed by atoms with E-state index >= 15 is 0 Å². The molecule has 0 aliphatic heterocycles. The van der Waals surface area contributed by atoms with E-state index in [9.17, 15) is 34.5 Å². The lowest BCUT2D eigenvalue weighted by Gasteiger charge is -2.13. The van der Waals surface area contributed by atoms with Gasteiger partial charge in [0, 0.05) is 28.8 Å². The number of halogens is 4. The third-order valence-corrected chi connectivity index (χ3v) is 8.79. The number of nitrogens with zero attached hydrogens (tertiary/aromatic N) is 2. The first-order valence-electron chi connectivity index (χ1n) is 17.4. The summed E-state index contributed by atoms with van der Waals surface area (Å²) in [5, 5.41) is 44.1. The van der Waals surface area contributed by atoms with Gasteiger partial charge in [0.1, 0.15) is 19.8 Å². The number of benzene rings is 4. The molecule has 4 aromatic carbocycles. The Morgan fingerprint density at radius 2 is 1.02 bits per heavy atom. The second kappa shape index (κ2) is 22.2. The van der Waals surface area contributed by atoms with Crippen LogP contribution in [0.2, 0.25) is 20.1 Å². The minimum Gasteiger partial charge on any atom is -0.486 e. The van der Waals surface area contributed by atoms with E-state index in [1.54, 1.807) is 64.1 Å². The maximum atomic E-state index is 12.0. The molecule has 18 heteroatoms. The molecule has 3 amide bonds. The second-order valence-corrected chi connectivity index (χ2v) is 14.9. The summed E-state index contributed by atoms with van der Waals surface area (Å²) in [6.07, 6.45) is -0.206. The molecular formula is C41H37Cl4N5O9.